The molecule has 0 amide bonds. The lowest BCUT2D eigenvalue weighted by atomic mass is 10.0. The Kier molecular flexibility index (Phi) is 2.82. The highest BCUT2D eigenvalue weighted by Crippen LogP contribution is 2.49. The van der Waals surface area contributed by atoms with Gasteiger partial charge in [-0.15, -0.1) is 0 Å². The summed E-state index contributed by atoms with van der Waals surface area (Å²) in [7, 11) is 0. The van der Waals surface area contributed by atoms with E-state index in [1.807, 2.05) is 11.8 Å². The van der Waals surface area contributed by atoms with Crippen LogP contribution in [-0.2, 0) is 0 Å². The number of nitrogens with one attached hydrogen (secondary N) is 1. The number of thioether (sulfide) groups is 1. The summed E-state index contributed by atoms with van der Waals surface area (Å²) in [6, 6.07) is 0. The van der Waals surface area contributed by atoms with E-state index >= 15 is 0 Å². The molecule has 1 fully saturated rings. The molecule has 2 rings (SSSR count). The molecule has 1 heterocycles. The third-order valence-electron chi connectivity index (χ3n) is 2.94. The zero-order valence-corrected chi connectivity index (χ0v) is 9.12. The van der Waals surface area contributed by atoms with Crippen molar-refractivity contribution < 1.29 is 0 Å². The maximum atomic E-state index is 4.40. The van der Waals surface area contributed by atoms with Gasteiger partial charge in [0.15, 0.2) is 5.17 Å². The minimum absolute atomic E-state index is 0.653. The number of hydrogen-bond donors (Lipinski definition) is 1. The van der Waals surface area contributed by atoms with E-state index in [0.717, 1.165) is 13.1 Å². The van der Waals surface area contributed by atoms with Gasteiger partial charge in [-0.1, -0.05) is 25.1 Å². The van der Waals surface area contributed by atoms with E-state index in [-0.39, 0.29) is 0 Å². The molecule has 2 aliphatic rings. The summed E-state index contributed by atoms with van der Waals surface area (Å²) < 4.78 is 0. The number of aliphatic imine (C=N–C) groups is 1. The summed E-state index contributed by atoms with van der Waals surface area (Å²) in [6.45, 7) is 4.45. The second-order valence-electron chi connectivity index (χ2n) is 4.14. The molecule has 0 unspecified atom stereocenters. The zero-order chi connectivity index (χ0) is 9.15. The van der Waals surface area contributed by atoms with Crippen LogP contribution in [0.3, 0.4) is 0 Å². The topological polar surface area (TPSA) is 24.4 Å². The first-order valence-electron chi connectivity index (χ1n) is 5.26. The van der Waals surface area contributed by atoms with Crippen molar-refractivity contribution in [2.45, 2.75) is 32.6 Å². The molecule has 0 spiro atoms. The predicted molar refractivity (Wildman–Crippen MR) is 59.3 cm³/mol. The van der Waals surface area contributed by atoms with E-state index in [2.05, 4.69) is 17.2 Å². The van der Waals surface area contributed by atoms with E-state index in [1.54, 1.807) is 0 Å². The molecule has 0 aromatic carbocycles. The van der Waals surface area contributed by atoms with Gasteiger partial charge in [0.25, 0.3) is 0 Å². The molecule has 0 saturated heterocycles. The van der Waals surface area contributed by atoms with E-state index in [1.165, 1.54) is 36.6 Å². The van der Waals surface area contributed by atoms with Gasteiger partial charge in [0, 0.05) is 12.3 Å². The monoisotopic (exact) mass is 198 g/mol. The third kappa shape index (κ3) is 2.39. The standard InChI is InChI=1S/C10H18N2S/c1-2-3-10(4-5-10)8-12-9-11-6-7-13-9/h2-8H2,1H3,(H,11,12). The predicted octanol–water partition coefficient (Wildman–Crippen LogP) is 2.26. The second-order valence-corrected chi connectivity index (χ2v) is 5.22. The first-order chi connectivity index (χ1) is 6.35. The van der Waals surface area contributed by atoms with Gasteiger partial charge < -0.3 is 5.32 Å². The first-order valence-corrected chi connectivity index (χ1v) is 6.24. The fourth-order valence-corrected chi connectivity index (χ4v) is 2.66. The molecule has 1 N–H and O–H groups in total. The SMILES string of the molecule is CCCC1(CNC2=NCCS2)CC1. The Bertz CT molecular complexity index is 209. The number of amidine groups is 1. The van der Waals surface area contributed by atoms with Gasteiger partial charge in [0.05, 0.1) is 6.54 Å². The van der Waals surface area contributed by atoms with Crippen LogP contribution in [0.4, 0.5) is 0 Å². The molecule has 0 aromatic heterocycles. The Morgan fingerprint density at radius 1 is 1.54 bits per heavy atom. The van der Waals surface area contributed by atoms with E-state index < -0.39 is 0 Å². The zero-order valence-electron chi connectivity index (χ0n) is 8.31. The van der Waals surface area contributed by atoms with Gasteiger partial charge in [0.2, 0.25) is 0 Å². The fraction of sp³-hybridized carbons (Fsp3) is 0.900. The lowest BCUT2D eigenvalue weighted by Gasteiger charge is -2.14. The molecule has 1 aliphatic heterocycles. The fourth-order valence-electron chi connectivity index (χ4n) is 1.93. The molecule has 1 saturated carbocycles. The minimum atomic E-state index is 0.653. The average molecular weight is 198 g/mol. The minimum Gasteiger partial charge on any atom is -0.364 e. The van der Waals surface area contributed by atoms with Crippen LogP contribution in [0.15, 0.2) is 4.99 Å². The summed E-state index contributed by atoms with van der Waals surface area (Å²) in [4.78, 5) is 4.40. The van der Waals surface area contributed by atoms with Gasteiger partial charge in [0.1, 0.15) is 0 Å². The van der Waals surface area contributed by atoms with Gasteiger partial charge in [-0.3, -0.25) is 4.99 Å². The smallest absolute Gasteiger partial charge is 0.156 e. The second kappa shape index (κ2) is 3.91. The maximum Gasteiger partial charge on any atom is 0.156 e. The Labute approximate surface area is 84.6 Å². The molecular formula is C10H18N2S. The summed E-state index contributed by atoms with van der Waals surface area (Å²) >= 11 is 1.87. The van der Waals surface area contributed by atoms with Crippen LogP contribution < -0.4 is 5.32 Å². The lowest BCUT2D eigenvalue weighted by Crippen LogP contribution is -2.27. The molecular weight excluding hydrogens is 180 g/mol. The Morgan fingerprint density at radius 3 is 2.92 bits per heavy atom. The van der Waals surface area contributed by atoms with Gasteiger partial charge in [-0.25, -0.2) is 0 Å². The summed E-state index contributed by atoms with van der Waals surface area (Å²) in [5, 5.41) is 4.66. The molecule has 74 valence electrons. The molecule has 1 aliphatic carbocycles. The van der Waals surface area contributed by atoms with Crippen LogP contribution in [0.5, 0.6) is 0 Å². The quantitative estimate of drug-likeness (QED) is 0.749. The first kappa shape index (κ1) is 9.38. The number of nitrogens with zero attached hydrogens (tertiary/aromatic N) is 1. The summed E-state index contributed by atoms with van der Waals surface area (Å²) in [6.07, 6.45) is 5.55. The average Bonchev–Trinajstić information content (AvgIpc) is 2.71. The molecule has 0 bridgehead atoms. The molecule has 13 heavy (non-hydrogen) atoms. The van der Waals surface area contributed by atoms with Gasteiger partial charge in [-0.2, -0.15) is 0 Å². The Morgan fingerprint density at radius 2 is 2.38 bits per heavy atom. The van der Waals surface area contributed by atoms with E-state index in [4.69, 9.17) is 0 Å². The van der Waals surface area contributed by atoms with E-state index in [9.17, 15) is 0 Å². The Hall–Kier alpha value is -0.180. The van der Waals surface area contributed by atoms with Crippen LogP contribution in [-0.4, -0.2) is 24.0 Å². The molecule has 0 aromatic rings. The highest BCUT2D eigenvalue weighted by Gasteiger charge is 2.41. The van der Waals surface area contributed by atoms with Crippen LogP contribution in [0, 0.1) is 5.41 Å². The summed E-state index contributed by atoms with van der Waals surface area (Å²) in [5.41, 5.74) is 0.653. The van der Waals surface area contributed by atoms with Gasteiger partial charge in [-0.05, 0) is 24.7 Å². The number of hydrogen-bond acceptors (Lipinski definition) is 3. The normalized spacial score (nSPS) is 24.2. The maximum absolute atomic E-state index is 4.40. The largest absolute Gasteiger partial charge is 0.364 e. The molecule has 0 radical (unpaired) electrons. The van der Waals surface area contributed by atoms with Crippen LogP contribution in [0.1, 0.15) is 32.6 Å². The van der Waals surface area contributed by atoms with E-state index in [0.29, 0.717) is 5.41 Å². The molecule has 3 heteroatoms. The highest BCUT2D eigenvalue weighted by molar-refractivity contribution is 8.14. The van der Waals surface area contributed by atoms with Crippen molar-refractivity contribution in [3.8, 4) is 0 Å². The van der Waals surface area contributed by atoms with Crippen molar-refractivity contribution in [2.24, 2.45) is 10.4 Å². The summed E-state index contributed by atoms with van der Waals surface area (Å²) in [5.74, 6) is 1.17. The third-order valence-corrected chi connectivity index (χ3v) is 3.87. The van der Waals surface area contributed by atoms with Crippen molar-refractivity contribution >= 4 is 16.9 Å². The Balaban J connectivity index is 1.72. The van der Waals surface area contributed by atoms with Crippen molar-refractivity contribution in [1.82, 2.24) is 5.32 Å². The molecule has 2 nitrogen and oxygen atoms in total. The van der Waals surface area contributed by atoms with Gasteiger partial charge >= 0.3 is 0 Å². The van der Waals surface area contributed by atoms with Crippen molar-refractivity contribution in [3.05, 3.63) is 0 Å². The highest BCUT2D eigenvalue weighted by atomic mass is 32.2. The van der Waals surface area contributed by atoms with Crippen molar-refractivity contribution in [2.75, 3.05) is 18.8 Å². The van der Waals surface area contributed by atoms with Crippen molar-refractivity contribution in [3.63, 3.8) is 0 Å². The van der Waals surface area contributed by atoms with Crippen LogP contribution >= 0.6 is 11.8 Å². The van der Waals surface area contributed by atoms with Crippen molar-refractivity contribution in [1.29, 1.82) is 0 Å². The van der Waals surface area contributed by atoms with Crippen LogP contribution in [0.2, 0.25) is 0 Å². The van der Waals surface area contributed by atoms with Crippen LogP contribution in [0.25, 0.3) is 0 Å². The molecule has 0 atom stereocenters. The lowest BCUT2D eigenvalue weighted by molar-refractivity contribution is 0.454. The number of rotatable bonds is 4.